The fourth-order valence-electron chi connectivity index (χ4n) is 3.33. The maximum atomic E-state index is 13.0. The van der Waals surface area contributed by atoms with Gasteiger partial charge >= 0.3 is 0 Å². The van der Waals surface area contributed by atoms with Gasteiger partial charge in [0.2, 0.25) is 0 Å². The lowest BCUT2D eigenvalue weighted by Gasteiger charge is -2.23. The van der Waals surface area contributed by atoms with Crippen LogP contribution in [0.4, 0.5) is 5.69 Å². The number of rotatable bonds is 7. The quantitative estimate of drug-likeness (QED) is 0.199. The van der Waals surface area contributed by atoms with Crippen LogP contribution in [0.2, 0.25) is 10.2 Å². The molecule has 1 amide bonds. The Hall–Kier alpha value is -2.69. The molecule has 2 heterocycles. The SMILES string of the molecule is COS(=O)(=O)C(C)(C)c1ccc2sc(C(=O)Nc3cc(Cl)cc(Oc4ccc(Cl)nc4)c3)cc2c1. The second kappa shape index (κ2) is 9.75. The molecule has 2 aromatic carbocycles. The molecular weight excluding hydrogens is 531 g/mol. The third-order valence-electron chi connectivity index (χ3n) is 5.34. The molecule has 0 unspecified atom stereocenters. The highest BCUT2D eigenvalue weighted by Crippen LogP contribution is 2.35. The van der Waals surface area contributed by atoms with Crippen LogP contribution in [0.3, 0.4) is 0 Å². The summed E-state index contributed by atoms with van der Waals surface area (Å²) in [6.45, 7) is 3.15. The number of aromatic nitrogens is 1. The van der Waals surface area contributed by atoms with Gasteiger partial charge in [0.25, 0.3) is 16.0 Å². The van der Waals surface area contributed by atoms with Crippen molar-refractivity contribution in [3.63, 3.8) is 0 Å². The summed E-state index contributed by atoms with van der Waals surface area (Å²) in [5, 5.41) is 4.30. The van der Waals surface area contributed by atoms with Gasteiger partial charge in [0.15, 0.2) is 0 Å². The van der Waals surface area contributed by atoms with Gasteiger partial charge in [-0.15, -0.1) is 11.3 Å². The molecule has 0 bridgehead atoms. The molecular formula is C24H20Cl2N2O5S2. The zero-order valence-corrected chi connectivity index (χ0v) is 22.0. The first kappa shape index (κ1) is 25.4. The summed E-state index contributed by atoms with van der Waals surface area (Å²) in [7, 11) is -2.67. The van der Waals surface area contributed by atoms with E-state index in [-0.39, 0.29) is 5.91 Å². The number of thiophene rings is 1. The molecule has 0 aliphatic heterocycles. The molecule has 2 aromatic heterocycles. The fraction of sp³-hybridized carbons (Fsp3) is 0.167. The van der Waals surface area contributed by atoms with Gasteiger partial charge in [-0.1, -0.05) is 29.3 Å². The Kier molecular flexibility index (Phi) is 7.08. The molecule has 4 rings (SSSR count). The maximum absolute atomic E-state index is 13.0. The van der Waals surface area contributed by atoms with Gasteiger partial charge in [-0.3, -0.25) is 8.98 Å². The van der Waals surface area contributed by atoms with Crippen LogP contribution in [0.1, 0.15) is 29.1 Å². The number of nitrogens with zero attached hydrogens (tertiary/aromatic N) is 1. The van der Waals surface area contributed by atoms with E-state index in [0.717, 1.165) is 17.2 Å². The third-order valence-corrected chi connectivity index (χ3v) is 8.83. The molecule has 0 fully saturated rings. The molecule has 1 N–H and O–H groups in total. The number of halogens is 2. The molecule has 4 aromatic rings. The monoisotopic (exact) mass is 550 g/mol. The smallest absolute Gasteiger partial charge is 0.276 e. The van der Waals surface area contributed by atoms with Gasteiger partial charge in [0.1, 0.15) is 21.4 Å². The van der Waals surface area contributed by atoms with Gasteiger partial charge in [0, 0.05) is 21.5 Å². The highest BCUT2D eigenvalue weighted by Gasteiger charge is 2.36. The van der Waals surface area contributed by atoms with Gasteiger partial charge in [-0.2, -0.15) is 8.42 Å². The third kappa shape index (κ3) is 5.44. The lowest BCUT2D eigenvalue weighted by molar-refractivity contribution is 0.103. The van der Waals surface area contributed by atoms with Crippen molar-refractivity contribution in [1.82, 2.24) is 4.98 Å². The lowest BCUT2D eigenvalue weighted by atomic mass is 10.0. The summed E-state index contributed by atoms with van der Waals surface area (Å²) >= 11 is 13.3. The van der Waals surface area contributed by atoms with Crippen molar-refractivity contribution in [3.8, 4) is 11.5 Å². The van der Waals surface area contributed by atoms with Gasteiger partial charge in [-0.05, 0) is 67.3 Å². The number of hydrogen-bond acceptors (Lipinski definition) is 7. The number of ether oxygens (including phenoxy) is 1. The van der Waals surface area contributed by atoms with Crippen LogP contribution < -0.4 is 10.1 Å². The van der Waals surface area contributed by atoms with E-state index in [1.807, 2.05) is 0 Å². The molecule has 182 valence electrons. The first-order chi connectivity index (χ1) is 16.5. The van der Waals surface area contributed by atoms with Crippen LogP contribution in [0.15, 0.2) is 60.8 Å². The van der Waals surface area contributed by atoms with E-state index in [4.69, 9.17) is 32.1 Å². The van der Waals surface area contributed by atoms with E-state index in [1.165, 1.54) is 17.5 Å². The number of benzene rings is 2. The first-order valence-corrected chi connectivity index (χ1v) is 13.2. The van der Waals surface area contributed by atoms with Crippen molar-refractivity contribution in [2.45, 2.75) is 18.6 Å². The number of amides is 1. The minimum Gasteiger partial charge on any atom is -0.456 e. The standard InChI is InChI=1S/C24H20Cl2N2O5S2/c1-24(2,35(30,31)32-3)15-4-6-20-14(8-15)9-21(34-20)23(29)28-17-10-16(25)11-19(12-17)33-18-5-7-22(26)27-13-18/h4-13H,1-3H3,(H,28,29). The van der Waals surface area contributed by atoms with E-state index in [9.17, 15) is 13.2 Å². The van der Waals surface area contributed by atoms with E-state index >= 15 is 0 Å². The first-order valence-electron chi connectivity index (χ1n) is 10.2. The zero-order chi connectivity index (χ0) is 25.4. The Morgan fingerprint density at radius 2 is 1.80 bits per heavy atom. The molecule has 0 atom stereocenters. The van der Waals surface area contributed by atoms with Crippen LogP contribution >= 0.6 is 34.5 Å². The Morgan fingerprint density at radius 1 is 1.03 bits per heavy atom. The average molecular weight is 551 g/mol. The Bertz CT molecular complexity index is 1520. The lowest BCUT2D eigenvalue weighted by Crippen LogP contribution is -2.30. The molecule has 11 heteroatoms. The van der Waals surface area contributed by atoms with Crippen molar-refractivity contribution < 1.29 is 22.1 Å². The van der Waals surface area contributed by atoms with Crippen molar-refractivity contribution >= 4 is 66.3 Å². The molecule has 0 radical (unpaired) electrons. The second-order valence-electron chi connectivity index (χ2n) is 8.04. The van der Waals surface area contributed by atoms with Crippen molar-refractivity contribution in [3.05, 3.63) is 81.4 Å². The van der Waals surface area contributed by atoms with Gasteiger partial charge < -0.3 is 10.1 Å². The molecule has 7 nitrogen and oxygen atoms in total. The summed E-state index contributed by atoms with van der Waals surface area (Å²) in [6, 6.07) is 15.1. The number of anilines is 1. The maximum Gasteiger partial charge on any atom is 0.276 e. The summed E-state index contributed by atoms with van der Waals surface area (Å²) in [4.78, 5) is 17.4. The summed E-state index contributed by atoms with van der Waals surface area (Å²) < 4.78 is 34.8. The van der Waals surface area contributed by atoms with Crippen LogP contribution in [0.5, 0.6) is 11.5 Å². The highest BCUT2D eigenvalue weighted by molar-refractivity contribution is 7.87. The number of nitrogens with one attached hydrogen (secondary N) is 1. The van der Waals surface area contributed by atoms with Crippen LogP contribution in [0, 0.1) is 0 Å². The minimum absolute atomic E-state index is 0.335. The molecule has 0 spiro atoms. The largest absolute Gasteiger partial charge is 0.456 e. The Labute approximate surface area is 216 Å². The van der Waals surface area contributed by atoms with E-state index in [0.29, 0.717) is 37.8 Å². The molecule has 0 saturated heterocycles. The summed E-state index contributed by atoms with van der Waals surface area (Å²) in [6.07, 6.45) is 1.48. The summed E-state index contributed by atoms with van der Waals surface area (Å²) in [5.41, 5.74) is 1.01. The molecule has 35 heavy (non-hydrogen) atoms. The molecule has 0 aliphatic rings. The highest BCUT2D eigenvalue weighted by atomic mass is 35.5. The zero-order valence-electron chi connectivity index (χ0n) is 18.8. The van der Waals surface area contributed by atoms with Crippen molar-refractivity contribution in [1.29, 1.82) is 0 Å². The van der Waals surface area contributed by atoms with E-state index < -0.39 is 14.9 Å². The molecule has 0 saturated carbocycles. The normalized spacial score (nSPS) is 12.0. The van der Waals surface area contributed by atoms with E-state index in [1.54, 1.807) is 68.4 Å². The topological polar surface area (TPSA) is 94.6 Å². The van der Waals surface area contributed by atoms with Crippen LogP contribution in [-0.2, 0) is 19.0 Å². The van der Waals surface area contributed by atoms with Gasteiger partial charge in [0.05, 0.1) is 18.2 Å². The predicted octanol–water partition coefficient (Wildman–Crippen LogP) is 6.86. The minimum atomic E-state index is -3.81. The molecule has 0 aliphatic carbocycles. The number of carbonyl (C=O) groups excluding carboxylic acids is 1. The van der Waals surface area contributed by atoms with Crippen LogP contribution in [0.25, 0.3) is 10.1 Å². The Morgan fingerprint density at radius 3 is 2.49 bits per heavy atom. The van der Waals surface area contributed by atoms with E-state index in [2.05, 4.69) is 10.3 Å². The predicted molar refractivity (Wildman–Crippen MR) is 140 cm³/mol. The number of carbonyl (C=O) groups is 1. The number of pyridine rings is 1. The fourth-order valence-corrected chi connectivity index (χ4v) is 5.44. The van der Waals surface area contributed by atoms with Gasteiger partial charge in [-0.25, -0.2) is 4.98 Å². The second-order valence-corrected chi connectivity index (χ2v) is 12.2. The summed E-state index contributed by atoms with van der Waals surface area (Å²) in [5.74, 6) is 0.546. The number of hydrogen-bond donors (Lipinski definition) is 1. The van der Waals surface area contributed by atoms with Crippen molar-refractivity contribution in [2.75, 3.05) is 12.4 Å². The van der Waals surface area contributed by atoms with Crippen LogP contribution in [-0.4, -0.2) is 26.4 Å². The number of fused-ring (bicyclic) bond motifs is 1. The average Bonchev–Trinajstić information content (AvgIpc) is 3.24. The Balaban J connectivity index is 1.57. The van der Waals surface area contributed by atoms with Crippen molar-refractivity contribution in [2.24, 2.45) is 0 Å².